The summed E-state index contributed by atoms with van der Waals surface area (Å²) in [6, 6.07) is 0. The lowest BCUT2D eigenvalue weighted by molar-refractivity contribution is -0.0498. The molecule has 1 N–H and O–H groups in total. The van der Waals surface area contributed by atoms with E-state index in [1.807, 2.05) is 0 Å². The van der Waals surface area contributed by atoms with Gasteiger partial charge in [-0.15, -0.1) is 0 Å². The second-order valence-electron chi connectivity index (χ2n) is 5.33. The molecule has 3 saturated carbocycles. The van der Waals surface area contributed by atoms with E-state index in [-0.39, 0.29) is 0 Å². The van der Waals surface area contributed by atoms with Crippen LogP contribution in [-0.4, -0.2) is 11.7 Å². The normalized spacial score (nSPS) is 41.5. The minimum absolute atomic E-state index is 0.323. The molecule has 3 fully saturated rings. The molecular weight excluding hydrogens is 160 g/mol. The lowest BCUT2D eigenvalue weighted by Gasteiger charge is -2.60. The van der Waals surface area contributed by atoms with Gasteiger partial charge in [0.05, 0.1) is 0 Å². The van der Waals surface area contributed by atoms with Crippen LogP contribution >= 0.6 is 0 Å². The summed E-state index contributed by atoms with van der Waals surface area (Å²) in [4.78, 5) is 0. The zero-order chi connectivity index (χ0) is 9.64. The molecule has 0 aromatic heterocycles. The third-order valence-electron chi connectivity index (χ3n) is 4.49. The van der Waals surface area contributed by atoms with Crippen molar-refractivity contribution in [2.75, 3.05) is 6.61 Å². The van der Waals surface area contributed by atoms with E-state index in [4.69, 9.17) is 5.11 Å². The van der Waals surface area contributed by atoms with Crippen LogP contribution in [0, 0.1) is 23.2 Å². The summed E-state index contributed by atoms with van der Waals surface area (Å²) >= 11 is 0. The standard InChI is InChI=1S/C12H20O/c1-8-9(4-5-13)6-10-7-11(8)12(10,2)3/h9-11,13H,1,4-7H2,2-3H3/t9-,10-,11-/m0/s1. The zero-order valence-corrected chi connectivity index (χ0v) is 8.71. The van der Waals surface area contributed by atoms with E-state index in [9.17, 15) is 0 Å². The van der Waals surface area contributed by atoms with Crippen LogP contribution in [0.25, 0.3) is 0 Å². The highest BCUT2D eigenvalue weighted by Gasteiger charge is 2.54. The molecule has 0 spiro atoms. The lowest BCUT2D eigenvalue weighted by Crippen LogP contribution is -2.51. The van der Waals surface area contributed by atoms with E-state index in [1.165, 1.54) is 18.4 Å². The lowest BCUT2D eigenvalue weighted by atomic mass is 9.45. The van der Waals surface area contributed by atoms with Crippen LogP contribution in [0.3, 0.4) is 0 Å². The minimum atomic E-state index is 0.323. The first-order valence-corrected chi connectivity index (χ1v) is 5.37. The molecule has 0 radical (unpaired) electrons. The molecule has 2 bridgehead atoms. The summed E-state index contributed by atoms with van der Waals surface area (Å²) in [6.07, 6.45) is 3.55. The van der Waals surface area contributed by atoms with Gasteiger partial charge in [0, 0.05) is 6.61 Å². The largest absolute Gasteiger partial charge is 0.396 e. The Morgan fingerprint density at radius 2 is 2.15 bits per heavy atom. The predicted octanol–water partition coefficient (Wildman–Crippen LogP) is 2.61. The first-order valence-electron chi connectivity index (χ1n) is 5.37. The van der Waals surface area contributed by atoms with Crippen molar-refractivity contribution in [3.05, 3.63) is 12.2 Å². The van der Waals surface area contributed by atoms with E-state index < -0.39 is 0 Å². The van der Waals surface area contributed by atoms with E-state index in [2.05, 4.69) is 20.4 Å². The number of aliphatic hydroxyl groups is 1. The quantitative estimate of drug-likeness (QED) is 0.648. The average molecular weight is 180 g/mol. The fraction of sp³-hybridized carbons (Fsp3) is 0.833. The number of fused-ring (bicyclic) bond motifs is 2. The smallest absolute Gasteiger partial charge is 0.0436 e. The molecule has 0 unspecified atom stereocenters. The third-order valence-corrected chi connectivity index (χ3v) is 4.49. The van der Waals surface area contributed by atoms with Gasteiger partial charge in [-0.05, 0) is 42.4 Å². The van der Waals surface area contributed by atoms with Gasteiger partial charge in [-0.2, -0.15) is 0 Å². The Hall–Kier alpha value is -0.300. The Morgan fingerprint density at radius 3 is 2.62 bits per heavy atom. The molecule has 0 aromatic carbocycles. The van der Waals surface area contributed by atoms with Crippen LogP contribution in [0.2, 0.25) is 0 Å². The molecule has 1 heteroatoms. The van der Waals surface area contributed by atoms with Crippen molar-refractivity contribution in [1.82, 2.24) is 0 Å². The minimum Gasteiger partial charge on any atom is -0.396 e. The Bertz CT molecular complexity index is 229. The molecule has 3 atom stereocenters. The van der Waals surface area contributed by atoms with Crippen LogP contribution in [0.1, 0.15) is 33.1 Å². The molecule has 3 aliphatic carbocycles. The average Bonchev–Trinajstić information content (AvgIpc) is 2.08. The van der Waals surface area contributed by atoms with Crippen molar-refractivity contribution < 1.29 is 5.11 Å². The van der Waals surface area contributed by atoms with Crippen molar-refractivity contribution >= 4 is 0 Å². The molecule has 3 aliphatic rings. The topological polar surface area (TPSA) is 20.2 Å². The maximum Gasteiger partial charge on any atom is 0.0436 e. The number of hydrogen-bond donors (Lipinski definition) is 1. The molecule has 0 aromatic rings. The molecule has 13 heavy (non-hydrogen) atoms. The van der Waals surface area contributed by atoms with Gasteiger partial charge in [-0.3, -0.25) is 0 Å². The van der Waals surface area contributed by atoms with E-state index in [0.717, 1.165) is 18.3 Å². The van der Waals surface area contributed by atoms with Crippen LogP contribution in [0.4, 0.5) is 0 Å². The summed E-state index contributed by atoms with van der Waals surface area (Å²) in [5.74, 6) is 2.24. The van der Waals surface area contributed by atoms with Crippen molar-refractivity contribution in [2.24, 2.45) is 23.2 Å². The highest BCUT2D eigenvalue weighted by molar-refractivity contribution is 5.22. The van der Waals surface area contributed by atoms with Crippen molar-refractivity contribution in [1.29, 1.82) is 0 Å². The molecule has 3 rings (SSSR count). The van der Waals surface area contributed by atoms with Crippen molar-refractivity contribution in [3.8, 4) is 0 Å². The predicted molar refractivity (Wildman–Crippen MR) is 54.3 cm³/mol. The first kappa shape index (κ1) is 9.26. The first-order chi connectivity index (χ1) is 6.07. The maximum atomic E-state index is 8.93. The molecular formula is C12H20O. The summed E-state index contributed by atoms with van der Waals surface area (Å²) in [5.41, 5.74) is 1.92. The summed E-state index contributed by atoms with van der Waals surface area (Å²) in [6.45, 7) is 9.28. The van der Waals surface area contributed by atoms with Gasteiger partial charge in [-0.1, -0.05) is 26.0 Å². The van der Waals surface area contributed by atoms with Gasteiger partial charge in [0.25, 0.3) is 0 Å². The van der Waals surface area contributed by atoms with E-state index in [0.29, 0.717) is 17.9 Å². The maximum absolute atomic E-state index is 8.93. The molecule has 74 valence electrons. The van der Waals surface area contributed by atoms with Gasteiger partial charge in [0.2, 0.25) is 0 Å². The summed E-state index contributed by atoms with van der Waals surface area (Å²) in [5, 5.41) is 8.93. The number of allylic oxidation sites excluding steroid dienone is 1. The highest BCUT2D eigenvalue weighted by Crippen LogP contribution is 2.62. The van der Waals surface area contributed by atoms with Gasteiger partial charge in [0.1, 0.15) is 0 Å². The fourth-order valence-electron chi connectivity index (χ4n) is 3.28. The molecule has 0 heterocycles. The number of aliphatic hydroxyl groups excluding tert-OH is 1. The fourth-order valence-corrected chi connectivity index (χ4v) is 3.28. The summed E-state index contributed by atoms with van der Waals surface area (Å²) < 4.78 is 0. The number of rotatable bonds is 2. The monoisotopic (exact) mass is 180 g/mol. The molecule has 0 saturated heterocycles. The second-order valence-corrected chi connectivity index (χ2v) is 5.33. The SMILES string of the molecule is C=C1[C@@H](CCO)C[C@H]2C[C@@H]1C2(C)C. The zero-order valence-electron chi connectivity index (χ0n) is 8.71. The van der Waals surface area contributed by atoms with Crippen LogP contribution in [0.15, 0.2) is 12.2 Å². The second kappa shape index (κ2) is 2.84. The Morgan fingerprint density at radius 1 is 1.46 bits per heavy atom. The van der Waals surface area contributed by atoms with Gasteiger partial charge in [-0.25, -0.2) is 0 Å². The van der Waals surface area contributed by atoms with Crippen molar-refractivity contribution in [2.45, 2.75) is 33.1 Å². The van der Waals surface area contributed by atoms with Crippen LogP contribution in [0.5, 0.6) is 0 Å². The Kier molecular flexibility index (Phi) is 2.03. The highest BCUT2D eigenvalue weighted by atomic mass is 16.3. The molecule has 1 nitrogen and oxygen atoms in total. The van der Waals surface area contributed by atoms with Gasteiger partial charge >= 0.3 is 0 Å². The Balaban J connectivity index is 2.08. The number of hydrogen-bond acceptors (Lipinski definition) is 1. The van der Waals surface area contributed by atoms with Crippen molar-refractivity contribution in [3.63, 3.8) is 0 Å². The molecule has 0 aliphatic heterocycles. The van der Waals surface area contributed by atoms with E-state index >= 15 is 0 Å². The summed E-state index contributed by atoms with van der Waals surface area (Å²) in [7, 11) is 0. The Labute approximate surface area is 80.8 Å². The van der Waals surface area contributed by atoms with Gasteiger partial charge < -0.3 is 5.11 Å². The van der Waals surface area contributed by atoms with Gasteiger partial charge in [0.15, 0.2) is 0 Å². The van der Waals surface area contributed by atoms with Crippen LogP contribution < -0.4 is 0 Å². The molecule has 0 amide bonds. The van der Waals surface area contributed by atoms with E-state index in [1.54, 1.807) is 0 Å². The third kappa shape index (κ3) is 1.17. The van der Waals surface area contributed by atoms with Crippen LogP contribution in [-0.2, 0) is 0 Å².